The maximum absolute atomic E-state index is 13.2. The second-order valence-corrected chi connectivity index (χ2v) is 8.91. The molecule has 2 aromatic rings. The third-order valence-electron chi connectivity index (χ3n) is 6.33. The molecular formula is C24H34N2O10. The highest BCUT2D eigenvalue weighted by Gasteiger charge is 2.45. The van der Waals surface area contributed by atoms with E-state index in [1.807, 2.05) is 0 Å². The van der Waals surface area contributed by atoms with E-state index in [2.05, 4.69) is 6.92 Å². The topological polar surface area (TPSA) is 174 Å². The molecule has 2 heterocycles. The lowest BCUT2D eigenvalue weighted by atomic mass is 9.99. The van der Waals surface area contributed by atoms with Crippen LogP contribution in [0, 0.1) is 10.1 Å². The predicted molar refractivity (Wildman–Crippen MR) is 129 cm³/mol. The van der Waals surface area contributed by atoms with Crippen molar-refractivity contribution in [3.63, 3.8) is 0 Å². The Morgan fingerprint density at radius 3 is 2.42 bits per heavy atom. The number of unbranched alkanes of at least 4 members (excludes halogenated alkanes) is 5. The molecule has 0 spiro atoms. The fourth-order valence-corrected chi connectivity index (χ4v) is 4.17. The van der Waals surface area contributed by atoms with Crippen LogP contribution in [0.15, 0.2) is 23.0 Å². The van der Waals surface area contributed by atoms with Crippen molar-refractivity contribution in [3.05, 3.63) is 38.7 Å². The molecule has 0 bridgehead atoms. The molecule has 4 N–H and O–H groups in total. The highest BCUT2D eigenvalue weighted by molar-refractivity contribution is 5.89. The lowest BCUT2D eigenvalue weighted by molar-refractivity contribution is -0.384. The first-order chi connectivity index (χ1) is 17.2. The predicted octanol–water partition coefficient (Wildman–Crippen LogP) is 1.36. The molecule has 0 unspecified atom stereocenters. The quantitative estimate of drug-likeness (QED) is 0.185. The van der Waals surface area contributed by atoms with E-state index >= 15 is 0 Å². The SMILES string of the molecule is CCCCCCCCOc1c(O[C@@H]2O[C@H](CO)[C@@H](O)[C@H](O)[C@@H]2O)c2ccc([N+](=O)[O-])cc2n(C)c1=O. The second-order valence-electron chi connectivity index (χ2n) is 8.91. The maximum Gasteiger partial charge on any atom is 0.297 e. The van der Waals surface area contributed by atoms with E-state index in [9.17, 15) is 35.3 Å². The molecule has 1 saturated heterocycles. The Kier molecular flexibility index (Phi) is 9.63. The zero-order chi connectivity index (χ0) is 26.4. The number of hydrogen-bond donors (Lipinski definition) is 4. The van der Waals surface area contributed by atoms with Gasteiger partial charge in [0.1, 0.15) is 24.4 Å². The largest absolute Gasteiger partial charge is 0.485 e. The van der Waals surface area contributed by atoms with Gasteiger partial charge in [-0.05, 0) is 12.5 Å². The molecule has 0 radical (unpaired) electrons. The van der Waals surface area contributed by atoms with Gasteiger partial charge < -0.3 is 39.2 Å². The zero-order valence-electron chi connectivity index (χ0n) is 20.4. The van der Waals surface area contributed by atoms with Crippen LogP contribution in [0.1, 0.15) is 45.4 Å². The van der Waals surface area contributed by atoms with Crippen LogP contribution >= 0.6 is 0 Å². The number of aliphatic hydroxyl groups is 4. The molecule has 3 rings (SSSR count). The Morgan fingerprint density at radius 2 is 1.75 bits per heavy atom. The summed E-state index contributed by atoms with van der Waals surface area (Å²) in [5.41, 5.74) is -0.675. The molecule has 12 heteroatoms. The molecule has 0 aliphatic carbocycles. The van der Waals surface area contributed by atoms with E-state index < -0.39 is 47.8 Å². The number of benzene rings is 1. The average molecular weight is 511 g/mol. The van der Waals surface area contributed by atoms with E-state index in [0.29, 0.717) is 6.42 Å². The Hall–Kier alpha value is -2.77. The highest BCUT2D eigenvalue weighted by atomic mass is 16.7. The van der Waals surface area contributed by atoms with Gasteiger partial charge in [0.15, 0.2) is 5.75 Å². The number of aromatic nitrogens is 1. The standard InChI is InChI=1S/C24H34N2O10/c1-3-4-5-6-7-8-11-34-22-21(36-24-20(30)19(29)18(28)17(13-27)35-24)15-10-9-14(26(32)33)12-16(15)25(2)23(22)31/h9-10,12,17-20,24,27-30H,3-8,11,13H2,1-2H3/t17-,18-,19+,20+,24+/m1/s1. The third-order valence-corrected chi connectivity index (χ3v) is 6.33. The lowest BCUT2D eigenvalue weighted by Crippen LogP contribution is -2.60. The number of aliphatic hydroxyl groups excluding tert-OH is 4. The Bertz CT molecular complexity index is 1100. The van der Waals surface area contributed by atoms with Gasteiger partial charge in [0.2, 0.25) is 12.0 Å². The average Bonchev–Trinajstić information content (AvgIpc) is 2.87. The van der Waals surface area contributed by atoms with Crippen LogP contribution in [0.25, 0.3) is 10.9 Å². The van der Waals surface area contributed by atoms with Crippen molar-refractivity contribution in [2.45, 2.75) is 76.2 Å². The van der Waals surface area contributed by atoms with E-state index in [1.165, 1.54) is 29.8 Å². The van der Waals surface area contributed by atoms with Crippen molar-refractivity contribution in [1.82, 2.24) is 4.57 Å². The Balaban J connectivity index is 1.98. The Morgan fingerprint density at radius 1 is 1.06 bits per heavy atom. The van der Waals surface area contributed by atoms with Crippen molar-refractivity contribution >= 4 is 16.6 Å². The zero-order valence-corrected chi connectivity index (χ0v) is 20.4. The highest BCUT2D eigenvalue weighted by Crippen LogP contribution is 2.37. The summed E-state index contributed by atoms with van der Waals surface area (Å²) in [7, 11) is 1.45. The van der Waals surface area contributed by atoms with Crippen LogP contribution in [0.4, 0.5) is 5.69 Å². The molecule has 1 aliphatic heterocycles. The van der Waals surface area contributed by atoms with Gasteiger partial charge in [-0.15, -0.1) is 0 Å². The number of fused-ring (bicyclic) bond motifs is 1. The van der Waals surface area contributed by atoms with Gasteiger partial charge in [0, 0.05) is 24.6 Å². The van der Waals surface area contributed by atoms with Crippen molar-refractivity contribution in [2.24, 2.45) is 7.05 Å². The summed E-state index contributed by atoms with van der Waals surface area (Å²) in [5.74, 6) is -0.303. The van der Waals surface area contributed by atoms with E-state index in [4.69, 9.17) is 14.2 Å². The van der Waals surface area contributed by atoms with Gasteiger partial charge in [0.05, 0.1) is 23.7 Å². The third kappa shape index (κ3) is 5.95. The molecule has 5 atom stereocenters. The monoisotopic (exact) mass is 510 g/mol. The van der Waals surface area contributed by atoms with Gasteiger partial charge in [-0.1, -0.05) is 39.0 Å². The van der Waals surface area contributed by atoms with E-state index in [-0.39, 0.29) is 34.7 Å². The van der Waals surface area contributed by atoms with Gasteiger partial charge in [-0.25, -0.2) is 0 Å². The molecule has 0 saturated carbocycles. The van der Waals surface area contributed by atoms with Crippen LogP contribution in [-0.4, -0.2) is 73.8 Å². The summed E-state index contributed by atoms with van der Waals surface area (Å²) < 4.78 is 18.3. The number of nitro groups is 1. The van der Waals surface area contributed by atoms with Crippen LogP contribution in [-0.2, 0) is 11.8 Å². The van der Waals surface area contributed by atoms with Crippen LogP contribution < -0.4 is 15.0 Å². The van der Waals surface area contributed by atoms with Gasteiger partial charge in [-0.2, -0.15) is 0 Å². The summed E-state index contributed by atoms with van der Waals surface area (Å²) in [6.45, 7) is 1.69. The molecule has 12 nitrogen and oxygen atoms in total. The lowest BCUT2D eigenvalue weighted by Gasteiger charge is -2.39. The molecule has 36 heavy (non-hydrogen) atoms. The number of pyridine rings is 1. The van der Waals surface area contributed by atoms with Crippen LogP contribution in [0.5, 0.6) is 11.5 Å². The molecule has 1 aromatic carbocycles. The van der Waals surface area contributed by atoms with Gasteiger partial charge >= 0.3 is 0 Å². The van der Waals surface area contributed by atoms with Crippen molar-refractivity contribution in [3.8, 4) is 11.5 Å². The number of nitrogens with zero attached hydrogens (tertiary/aromatic N) is 2. The fourth-order valence-electron chi connectivity index (χ4n) is 4.17. The van der Waals surface area contributed by atoms with Crippen LogP contribution in [0.2, 0.25) is 0 Å². The summed E-state index contributed by atoms with van der Waals surface area (Å²) in [5, 5.41) is 51.7. The summed E-state index contributed by atoms with van der Waals surface area (Å²) in [4.78, 5) is 23.9. The molecule has 1 fully saturated rings. The molecule has 200 valence electrons. The number of ether oxygens (including phenoxy) is 3. The minimum absolute atomic E-state index is 0.127. The van der Waals surface area contributed by atoms with Gasteiger partial charge in [0.25, 0.3) is 11.2 Å². The first kappa shape index (κ1) is 27.8. The van der Waals surface area contributed by atoms with Crippen molar-refractivity contribution in [1.29, 1.82) is 0 Å². The van der Waals surface area contributed by atoms with Crippen LogP contribution in [0.3, 0.4) is 0 Å². The minimum atomic E-state index is -1.72. The summed E-state index contributed by atoms with van der Waals surface area (Å²) in [6.07, 6.45) is -1.77. The van der Waals surface area contributed by atoms with Gasteiger partial charge in [-0.3, -0.25) is 14.9 Å². The first-order valence-corrected chi connectivity index (χ1v) is 12.1. The maximum atomic E-state index is 13.2. The normalized spacial score (nSPS) is 24.1. The Labute approximate surface area is 207 Å². The van der Waals surface area contributed by atoms with Crippen molar-refractivity contribution < 1.29 is 39.6 Å². The van der Waals surface area contributed by atoms with E-state index in [1.54, 1.807) is 0 Å². The number of rotatable bonds is 12. The summed E-state index contributed by atoms with van der Waals surface area (Å²) in [6, 6.07) is 3.85. The minimum Gasteiger partial charge on any atom is -0.485 e. The van der Waals surface area contributed by atoms with Crippen molar-refractivity contribution in [2.75, 3.05) is 13.2 Å². The summed E-state index contributed by atoms with van der Waals surface area (Å²) >= 11 is 0. The molecule has 1 aliphatic rings. The second kappa shape index (κ2) is 12.5. The number of aryl methyl sites for hydroxylation is 1. The molecular weight excluding hydrogens is 476 g/mol. The fraction of sp³-hybridized carbons (Fsp3) is 0.625. The smallest absolute Gasteiger partial charge is 0.297 e. The number of nitro benzene ring substituents is 1. The number of non-ortho nitro benzene ring substituents is 1. The molecule has 0 amide bonds. The molecule has 1 aromatic heterocycles. The van der Waals surface area contributed by atoms with E-state index in [0.717, 1.165) is 32.1 Å². The number of hydrogen-bond acceptors (Lipinski definition) is 10. The first-order valence-electron chi connectivity index (χ1n) is 12.1.